The molecule has 0 aromatic rings. The first-order valence-corrected chi connectivity index (χ1v) is 37.4. The van der Waals surface area contributed by atoms with Crippen molar-refractivity contribution in [2.45, 2.75) is 380 Å². The summed E-state index contributed by atoms with van der Waals surface area (Å²) in [6.07, 6.45) is 110. The summed E-state index contributed by atoms with van der Waals surface area (Å²) in [6, 6.07) is 0. The van der Waals surface area contributed by atoms with E-state index in [1.54, 1.807) is 0 Å². The molecule has 1 unspecified atom stereocenters. The van der Waals surface area contributed by atoms with Crippen molar-refractivity contribution in [2.75, 3.05) is 13.2 Å². The highest BCUT2D eigenvalue weighted by Crippen LogP contribution is 2.18. The molecule has 86 heavy (non-hydrogen) atoms. The van der Waals surface area contributed by atoms with Crippen LogP contribution in [-0.2, 0) is 19.1 Å². The molecular formula is C81H142O5. The van der Waals surface area contributed by atoms with Gasteiger partial charge in [-0.3, -0.25) is 9.59 Å². The van der Waals surface area contributed by atoms with E-state index in [1.165, 1.54) is 257 Å². The number of hydrogen-bond acceptors (Lipinski definition) is 5. The van der Waals surface area contributed by atoms with Crippen molar-refractivity contribution in [1.82, 2.24) is 0 Å². The molecule has 0 aliphatic rings. The normalized spacial score (nSPS) is 12.8. The Morgan fingerprint density at radius 1 is 0.279 bits per heavy atom. The molecule has 0 amide bonds. The highest BCUT2D eigenvalue weighted by molar-refractivity contribution is 5.70. The topological polar surface area (TPSA) is 72.8 Å². The van der Waals surface area contributed by atoms with Gasteiger partial charge in [0.15, 0.2) is 6.10 Å². The molecule has 0 aliphatic carbocycles. The van der Waals surface area contributed by atoms with Gasteiger partial charge >= 0.3 is 11.9 Å². The van der Waals surface area contributed by atoms with E-state index in [-0.39, 0.29) is 25.2 Å². The third kappa shape index (κ3) is 73.0. The average molecular weight is 1200 g/mol. The van der Waals surface area contributed by atoms with Crippen LogP contribution in [0.1, 0.15) is 373 Å². The maximum Gasteiger partial charge on any atom is 0.306 e. The Morgan fingerprint density at radius 2 is 0.500 bits per heavy atom. The number of hydrogen-bond donors (Lipinski definition) is 1. The average Bonchev–Trinajstić information content (AvgIpc) is 3.54. The van der Waals surface area contributed by atoms with Gasteiger partial charge in [-0.15, -0.1) is 0 Å². The molecular weight excluding hydrogens is 1050 g/mol. The SMILES string of the molecule is CC/C=C\C/C=C\C/C=C\C/C=C\C/C=C\C/C=C\C/C=C\C/C=C\CCCCCCCCCCCCCCCCCCC(=O)OC(CO)COC(=O)CCCCCCCCCCCCCCCCCCCCC/C=C\CCCCCCCCCC. The molecule has 0 heterocycles. The zero-order valence-electron chi connectivity index (χ0n) is 57.1. The van der Waals surface area contributed by atoms with Crippen LogP contribution in [0.25, 0.3) is 0 Å². The lowest BCUT2D eigenvalue weighted by atomic mass is 10.0. The maximum atomic E-state index is 12.4. The predicted octanol–water partition coefficient (Wildman–Crippen LogP) is 26.3. The molecule has 0 aromatic carbocycles. The van der Waals surface area contributed by atoms with E-state index in [4.69, 9.17) is 9.47 Å². The third-order valence-electron chi connectivity index (χ3n) is 16.6. The summed E-state index contributed by atoms with van der Waals surface area (Å²) in [5, 5.41) is 9.72. The number of carbonyl (C=O) groups excluding carboxylic acids is 2. The van der Waals surface area contributed by atoms with Crippen molar-refractivity contribution in [3.05, 3.63) is 109 Å². The second-order valence-corrected chi connectivity index (χ2v) is 25.0. The number of aliphatic hydroxyl groups is 1. The molecule has 0 aromatic heterocycles. The molecule has 5 heteroatoms. The quantitative estimate of drug-likeness (QED) is 0.0373. The van der Waals surface area contributed by atoms with Gasteiger partial charge in [0.2, 0.25) is 0 Å². The Hall–Kier alpha value is -3.44. The van der Waals surface area contributed by atoms with E-state index in [1.807, 2.05) is 0 Å². The van der Waals surface area contributed by atoms with Crippen LogP contribution in [0.3, 0.4) is 0 Å². The summed E-state index contributed by atoms with van der Waals surface area (Å²) in [5.74, 6) is -0.575. The summed E-state index contributed by atoms with van der Waals surface area (Å²) in [5.41, 5.74) is 0. The van der Waals surface area contributed by atoms with Crippen LogP contribution < -0.4 is 0 Å². The summed E-state index contributed by atoms with van der Waals surface area (Å²) in [4.78, 5) is 24.7. The Balaban J connectivity index is 3.45. The Morgan fingerprint density at radius 3 is 0.767 bits per heavy atom. The van der Waals surface area contributed by atoms with Gasteiger partial charge in [0.25, 0.3) is 0 Å². The summed E-state index contributed by atoms with van der Waals surface area (Å²) in [7, 11) is 0. The molecule has 0 aliphatic heterocycles. The number of rotatable bonds is 69. The van der Waals surface area contributed by atoms with Crippen molar-refractivity contribution in [1.29, 1.82) is 0 Å². The van der Waals surface area contributed by atoms with Crippen molar-refractivity contribution in [3.8, 4) is 0 Å². The molecule has 0 saturated carbocycles. The smallest absolute Gasteiger partial charge is 0.306 e. The second kappa shape index (κ2) is 75.8. The molecule has 496 valence electrons. The standard InChI is InChI=1S/C81H142O5/c1-3-5-7-9-11-13-15-17-19-21-23-25-27-29-31-33-35-36-37-38-39-40-41-42-43-44-46-48-50-52-54-56-58-60-62-64-66-68-70-72-74-76-81(84)86-79(77-82)78-85-80(83)75-73-71-69-67-65-63-61-59-57-55-53-51-49-47-45-34-32-30-28-26-24-22-20-18-16-14-12-10-8-6-4-2/h5,7,11,13,17,19,22-25,29,31,35-36,38-39,41-42,79,82H,3-4,6,8-10,12,14-16,18,20-21,26-28,30,32-34,37,40,43-78H2,1-2H3/b7-5-,13-11-,19-17-,24-22-,25-23-,31-29-,36-35-,39-38-,42-41-. The van der Waals surface area contributed by atoms with Crippen LogP contribution in [-0.4, -0.2) is 36.4 Å². The fourth-order valence-electron chi connectivity index (χ4n) is 11.0. The first-order chi connectivity index (χ1) is 42.6. The molecule has 0 rings (SSSR count). The minimum absolute atomic E-state index is 0.0645. The highest BCUT2D eigenvalue weighted by atomic mass is 16.6. The fourth-order valence-corrected chi connectivity index (χ4v) is 11.0. The van der Waals surface area contributed by atoms with Crippen LogP contribution >= 0.6 is 0 Å². The number of esters is 2. The van der Waals surface area contributed by atoms with E-state index >= 15 is 0 Å². The van der Waals surface area contributed by atoms with Crippen LogP contribution in [0.5, 0.6) is 0 Å². The fraction of sp³-hybridized carbons (Fsp3) is 0.753. The highest BCUT2D eigenvalue weighted by Gasteiger charge is 2.16. The maximum absolute atomic E-state index is 12.4. The van der Waals surface area contributed by atoms with E-state index in [0.717, 1.165) is 89.9 Å². The summed E-state index contributed by atoms with van der Waals surface area (Å²) < 4.78 is 10.8. The monoisotopic (exact) mass is 1200 g/mol. The largest absolute Gasteiger partial charge is 0.462 e. The van der Waals surface area contributed by atoms with Gasteiger partial charge in [0.05, 0.1) is 6.61 Å². The number of ether oxygens (including phenoxy) is 2. The lowest BCUT2D eigenvalue weighted by Crippen LogP contribution is -2.28. The number of allylic oxidation sites excluding steroid dienone is 18. The molecule has 0 saturated heterocycles. The lowest BCUT2D eigenvalue weighted by Gasteiger charge is -2.15. The summed E-state index contributed by atoms with van der Waals surface area (Å²) >= 11 is 0. The van der Waals surface area contributed by atoms with E-state index in [0.29, 0.717) is 12.8 Å². The zero-order chi connectivity index (χ0) is 61.9. The predicted molar refractivity (Wildman–Crippen MR) is 380 cm³/mol. The zero-order valence-corrected chi connectivity index (χ0v) is 57.1. The van der Waals surface area contributed by atoms with Gasteiger partial charge < -0.3 is 14.6 Å². The van der Waals surface area contributed by atoms with Crippen molar-refractivity contribution in [2.24, 2.45) is 0 Å². The number of aliphatic hydroxyl groups excluding tert-OH is 1. The third-order valence-corrected chi connectivity index (χ3v) is 16.6. The van der Waals surface area contributed by atoms with Gasteiger partial charge in [-0.2, -0.15) is 0 Å². The molecule has 0 radical (unpaired) electrons. The minimum atomic E-state index is -0.776. The lowest BCUT2D eigenvalue weighted by molar-refractivity contribution is -0.161. The number of carbonyl (C=O) groups is 2. The Bertz CT molecular complexity index is 1640. The first kappa shape index (κ1) is 82.6. The van der Waals surface area contributed by atoms with Crippen molar-refractivity contribution < 1.29 is 24.2 Å². The Labute approximate surface area is 535 Å². The van der Waals surface area contributed by atoms with Gasteiger partial charge in [0.1, 0.15) is 6.61 Å². The van der Waals surface area contributed by atoms with Gasteiger partial charge in [-0.25, -0.2) is 0 Å². The van der Waals surface area contributed by atoms with E-state index < -0.39 is 6.10 Å². The van der Waals surface area contributed by atoms with Crippen molar-refractivity contribution in [3.63, 3.8) is 0 Å². The van der Waals surface area contributed by atoms with Crippen LogP contribution in [0.15, 0.2) is 109 Å². The van der Waals surface area contributed by atoms with E-state index in [2.05, 4.69) is 123 Å². The molecule has 1 N–H and O–H groups in total. The summed E-state index contributed by atoms with van der Waals surface area (Å²) in [6.45, 7) is 4.07. The Kier molecular flexibility index (Phi) is 72.8. The van der Waals surface area contributed by atoms with E-state index in [9.17, 15) is 14.7 Å². The first-order valence-electron chi connectivity index (χ1n) is 37.4. The number of unbranched alkanes of at least 4 members (excludes halogenated alkanes) is 43. The van der Waals surface area contributed by atoms with Gasteiger partial charge in [-0.05, 0) is 103 Å². The van der Waals surface area contributed by atoms with Crippen LogP contribution in [0.4, 0.5) is 0 Å². The molecule has 1 atom stereocenters. The molecule has 0 fully saturated rings. The van der Waals surface area contributed by atoms with Gasteiger partial charge in [0, 0.05) is 12.8 Å². The van der Waals surface area contributed by atoms with Gasteiger partial charge in [-0.1, -0.05) is 367 Å². The molecule has 0 bridgehead atoms. The molecule has 0 spiro atoms. The van der Waals surface area contributed by atoms with Crippen LogP contribution in [0.2, 0.25) is 0 Å². The van der Waals surface area contributed by atoms with Crippen molar-refractivity contribution >= 4 is 11.9 Å². The minimum Gasteiger partial charge on any atom is -0.462 e. The van der Waals surface area contributed by atoms with Crippen LogP contribution in [0, 0.1) is 0 Å². The second-order valence-electron chi connectivity index (χ2n) is 25.0. The molecule has 5 nitrogen and oxygen atoms in total.